The van der Waals surface area contributed by atoms with Gasteiger partial charge >= 0.3 is 0 Å². The van der Waals surface area contributed by atoms with Gasteiger partial charge in [0.05, 0.1) is 23.6 Å². The van der Waals surface area contributed by atoms with Crippen molar-refractivity contribution in [2.24, 2.45) is 5.73 Å². The van der Waals surface area contributed by atoms with Crippen LogP contribution in [0.1, 0.15) is 22.3 Å². The molecule has 1 aliphatic heterocycles. The summed E-state index contributed by atoms with van der Waals surface area (Å²) < 4.78 is 22.7. The van der Waals surface area contributed by atoms with E-state index in [1.54, 1.807) is 12.3 Å². The first kappa shape index (κ1) is 14.5. The van der Waals surface area contributed by atoms with Crippen molar-refractivity contribution in [1.82, 2.24) is 10.3 Å². The predicted molar refractivity (Wildman–Crippen MR) is 74.7 cm³/mol. The molecule has 1 aliphatic rings. The highest BCUT2D eigenvalue weighted by molar-refractivity contribution is 7.91. The number of carbonyl (C=O) groups is 1. The first-order valence-electron chi connectivity index (χ1n) is 6.15. The zero-order valence-electron chi connectivity index (χ0n) is 10.8. The molecule has 2 heterocycles. The molecule has 3 N–H and O–H groups in total. The van der Waals surface area contributed by atoms with E-state index in [1.807, 2.05) is 0 Å². The molecule has 20 heavy (non-hydrogen) atoms. The van der Waals surface area contributed by atoms with Crippen molar-refractivity contribution in [2.75, 3.05) is 18.1 Å². The fourth-order valence-electron chi connectivity index (χ4n) is 1.96. The van der Waals surface area contributed by atoms with Gasteiger partial charge in [-0.05, 0) is 12.5 Å². The SMILES string of the molecule is NCC#Cc1cncc(C(=O)NC2CCS(=O)(=O)C2)c1. The molecule has 1 aromatic heterocycles. The quantitative estimate of drug-likeness (QED) is 0.703. The van der Waals surface area contributed by atoms with Gasteiger partial charge in [-0.15, -0.1) is 0 Å². The summed E-state index contributed by atoms with van der Waals surface area (Å²) in [5.41, 5.74) is 6.24. The van der Waals surface area contributed by atoms with Crippen LogP contribution >= 0.6 is 0 Å². The van der Waals surface area contributed by atoms with Crippen LogP contribution < -0.4 is 11.1 Å². The van der Waals surface area contributed by atoms with Gasteiger partial charge in [0.15, 0.2) is 9.84 Å². The second-order valence-corrected chi connectivity index (χ2v) is 6.77. The van der Waals surface area contributed by atoms with E-state index in [1.165, 1.54) is 6.20 Å². The van der Waals surface area contributed by atoms with Gasteiger partial charge in [0, 0.05) is 24.0 Å². The van der Waals surface area contributed by atoms with Crippen LogP contribution in [0.4, 0.5) is 0 Å². The number of nitrogens with one attached hydrogen (secondary N) is 1. The Balaban J connectivity index is 2.06. The van der Waals surface area contributed by atoms with Gasteiger partial charge in [-0.3, -0.25) is 9.78 Å². The summed E-state index contributed by atoms with van der Waals surface area (Å²) in [5.74, 6) is 5.26. The van der Waals surface area contributed by atoms with E-state index in [0.717, 1.165) is 0 Å². The molecule has 0 aliphatic carbocycles. The van der Waals surface area contributed by atoms with Gasteiger partial charge in [0.2, 0.25) is 0 Å². The summed E-state index contributed by atoms with van der Waals surface area (Å²) in [6, 6.07) is 1.28. The first-order chi connectivity index (χ1) is 9.50. The van der Waals surface area contributed by atoms with Crippen LogP contribution in [-0.2, 0) is 9.84 Å². The molecule has 0 saturated carbocycles. The minimum Gasteiger partial charge on any atom is -0.348 e. The van der Waals surface area contributed by atoms with Gasteiger partial charge in [-0.25, -0.2) is 8.42 Å². The molecule has 1 unspecified atom stereocenters. The highest BCUT2D eigenvalue weighted by Gasteiger charge is 2.29. The average molecular weight is 293 g/mol. The van der Waals surface area contributed by atoms with Gasteiger partial charge in [0.25, 0.3) is 5.91 Å². The van der Waals surface area contributed by atoms with Gasteiger partial charge in [-0.2, -0.15) is 0 Å². The zero-order valence-corrected chi connectivity index (χ0v) is 11.6. The monoisotopic (exact) mass is 293 g/mol. The molecule has 106 valence electrons. The number of amides is 1. The largest absolute Gasteiger partial charge is 0.348 e. The second kappa shape index (κ2) is 6.03. The van der Waals surface area contributed by atoms with Crippen molar-refractivity contribution in [3.8, 4) is 11.8 Å². The van der Waals surface area contributed by atoms with E-state index in [0.29, 0.717) is 17.5 Å². The summed E-state index contributed by atoms with van der Waals surface area (Å²) in [4.78, 5) is 16.0. The summed E-state index contributed by atoms with van der Waals surface area (Å²) >= 11 is 0. The highest BCUT2D eigenvalue weighted by atomic mass is 32.2. The Kier molecular flexibility index (Phi) is 4.37. The first-order valence-corrected chi connectivity index (χ1v) is 7.97. The molecule has 1 fully saturated rings. The lowest BCUT2D eigenvalue weighted by Gasteiger charge is -2.10. The molecular weight excluding hydrogens is 278 g/mol. The van der Waals surface area contributed by atoms with Crippen LogP contribution in [0, 0.1) is 11.8 Å². The standard InChI is InChI=1S/C13H15N3O3S/c14-4-1-2-10-6-11(8-15-7-10)13(17)16-12-3-5-20(18,19)9-12/h6-8,12H,3-5,9,14H2,(H,16,17). The van der Waals surface area contributed by atoms with Gasteiger partial charge in [0.1, 0.15) is 0 Å². The van der Waals surface area contributed by atoms with Crippen LogP contribution in [0.5, 0.6) is 0 Å². The number of rotatable bonds is 2. The molecule has 1 aromatic rings. The smallest absolute Gasteiger partial charge is 0.253 e. The number of hydrogen-bond donors (Lipinski definition) is 2. The Hall–Kier alpha value is -1.91. The topological polar surface area (TPSA) is 102 Å². The summed E-state index contributed by atoms with van der Waals surface area (Å²) in [7, 11) is -3.01. The molecule has 1 amide bonds. The van der Waals surface area contributed by atoms with Gasteiger partial charge < -0.3 is 11.1 Å². The Bertz CT molecular complexity index is 674. The Morgan fingerprint density at radius 3 is 2.95 bits per heavy atom. The summed E-state index contributed by atoms with van der Waals surface area (Å²) in [5, 5.41) is 2.70. The number of aromatic nitrogens is 1. The van der Waals surface area contributed by atoms with Crippen LogP contribution in [0.25, 0.3) is 0 Å². The van der Waals surface area contributed by atoms with Crippen molar-refractivity contribution in [2.45, 2.75) is 12.5 Å². The molecule has 1 atom stereocenters. The zero-order chi connectivity index (χ0) is 14.6. The van der Waals surface area contributed by atoms with Crippen molar-refractivity contribution >= 4 is 15.7 Å². The van der Waals surface area contributed by atoms with Crippen LogP contribution in [0.15, 0.2) is 18.5 Å². The van der Waals surface area contributed by atoms with Crippen LogP contribution in [-0.4, -0.2) is 43.4 Å². The molecule has 2 rings (SSSR count). The minimum atomic E-state index is -3.01. The number of carbonyl (C=O) groups excluding carboxylic acids is 1. The maximum absolute atomic E-state index is 12.0. The number of hydrogen-bond acceptors (Lipinski definition) is 5. The van der Waals surface area contributed by atoms with Gasteiger partial charge in [-0.1, -0.05) is 11.8 Å². The molecule has 0 bridgehead atoms. The lowest BCUT2D eigenvalue weighted by molar-refractivity contribution is 0.0940. The van der Waals surface area contributed by atoms with Crippen LogP contribution in [0.3, 0.4) is 0 Å². The van der Waals surface area contributed by atoms with E-state index in [2.05, 4.69) is 22.1 Å². The molecule has 0 radical (unpaired) electrons. The lowest BCUT2D eigenvalue weighted by atomic mass is 10.2. The van der Waals surface area contributed by atoms with E-state index < -0.39 is 9.84 Å². The Labute approximate surface area is 117 Å². The Morgan fingerprint density at radius 1 is 1.50 bits per heavy atom. The third kappa shape index (κ3) is 3.79. The third-order valence-corrected chi connectivity index (χ3v) is 4.67. The maximum Gasteiger partial charge on any atom is 0.253 e. The molecular formula is C13H15N3O3S. The minimum absolute atomic E-state index is 0.00115. The van der Waals surface area contributed by atoms with E-state index in [-0.39, 0.29) is 30.0 Å². The summed E-state index contributed by atoms with van der Waals surface area (Å²) in [6.07, 6.45) is 3.42. The predicted octanol–water partition coefficient (Wildman–Crippen LogP) is -0.691. The fourth-order valence-corrected chi connectivity index (χ4v) is 3.64. The number of pyridine rings is 1. The highest BCUT2D eigenvalue weighted by Crippen LogP contribution is 2.12. The van der Waals surface area contributed by atoms with E-state index in [4.69, 9.17) is 5.73 Å². The molecule has 1 saturated heterocycles. The molecule has 7 heteroatoms. The maximum atomic E-state index is 12.0. The number of sulfone groups is 1. The molecule has 0 spiro atoms. The number of nitrogens with two attached hydrogens (primary N) is 1. The Morgan fingerprint density at radius 2 is 2.30 bits per heavy atom. The van der Waals surface area contributed by atoms with Crippen molar-refractivity contribution in [1.29, 1.82) is 0 Å². The second-order valence-electron chi connectivity index (χ2n) is 4.54. The molecule has 6 nitrogen and oxygen atoms in total. The van der Waals surface area contributed by atoms with Crippen LogP contribution in [0.2, 0.25) is 0 Å². The third-order valence-electron chi connectivity index (χ3n) is 2.90. The molecule has 0 aromatic carbocycles. The number of nitrogens with zero attached hydrogens (tertiary/aromatic N) is 1. The summed E-state index contributed by atoms with van der Waals surface area (Å²) in [6.45, 7) is 0.232. The van der Waals surface area contributed by atoms with E-state index >= 15 is 0 Å². The normalized spacial score (nSPS) is 19.9. The van der Waals surface area contributed by atoms with Crippen molar-refractivity contribution in [3.63, 3.8) is 0 Å². The average Bonchev–Trinajstić information content (AvgIpc) is 2.76. The van der Waals surface area contributed by atoms with Crippen molar-refractivity contribution in [3.05, 3.63) is 29.6 Å². The lowest BCUT2D eigenvalue weighted by Crippen LogP contribution is -2.35. The van der Waals surface area contributed by atoms with Crippen molar-refractivity contribution < 1.29 is 13.2 Å². The fraction of sp³-hybridized carbons (Fsp3) is 0.385. The van der Waals surface area contributed by atoms with E-state index in [9.17, 15) is 13.2 Å².